The van der Waals surface area contributed by atoms with Gasteiger partial charge in [-0.05, 0) is 24.3 Å². The molecule has 0 amide bonds. The molecule has 0 spiro atoms. The zero-order valence-corrected chi connectivity index (χ0v) is 8.96. The molecule has 2 nitrogen and oxygen atoms in total. The third kappa shape index (κ3) is 1.98. The number of thiophene rings is 1. The summed E-state index contributed by atoms with van der Waals surface area (Å²) in [5.41, 5.74) is 0.903. The highest BCUT2D eigenvalue weighted by molar-refractivity contribution is 7.12. The summed E-state index contributed by atoms with van der Waals surface area (Å²) in [5, 5.41) is 14.6. The summed E-state index contributed by atoms with van der Waals surface area (Å²) in [5.74, 6) is 0.479. The van der Waals surface area contributed by atoms with Crippen molar-refractivity contribution in [3.05, 3.63) is 22.4 Å². The van der Waals surface area contributed by atoms with E-state index in [1.54, 1.807) is 11.3 Å². The first kappa shape index (κ1) is 9.71. The van der Waals surface area contributed by atoms with Crippen molar-refractivity contribution >= 4 is 17.0 Å². The van der Waals surface area contributed by atoms with Gasteiger partial charge in [-0.1, -0.05) is 30.5 Å². The summed E-state index contributed by atoms with van der Waals surface area (Å²) in [6.07, 6.45) is 6.23. The highest BCUT2D eigenvalue weighted by Gasteiger charge is 2.21. The van der Waals surface area contributed by atoms with Crippen molar-refractivity contribution in [1.29, 1.82) is 0 Å². The first-order valence-corrected chi connectivity index (χ1v) is 6.05. The molecule has 0 radical (unpaired) electrons. The minimum absolute atomic E-state index is 0.479. The molecule has 0 atom stereocenters. The van der Waals surface area contributed by atoms with E-state index in [1.165, 1.54) is 32.1 Å². The van der Waals surface area contributed by atoms with Crippen molar-refractivity contribution in [2.24, 2.45) is 11.1 Å². The largest absolute Gasteiger partial charge is 0.411 e. The molecule has 0 unspecified atom stereocenters. The maximum atomic E-state index is 9.04. The number of nitrogens with zero attached hydrogens (tertiary/aromatic N) is 1. The maximum Gasteiger partial charge on any atom is 0.0997 e. The minimum atomic E-state index is 0.479. The van der Waals surface area contributed by atoms with Crippen LogP contribution in [0.1, 0.15) is 37.0 Å². The van der Waals surface area contributed by atoms with Crippen molar-refractivity contribution in [3.63, 3.8) is 0 Å². The molecular formula is C11H15NOS. The molecule has 76 valence electrons. The normalized spacial score (nSPS) is 19.9. The van der Waals surface area contributed by atoms with Gasteiger partial charge in [0.15, 0.2) is 0 Å². The van der Waals surface area contributed by atoms with E-state index in [4.69, 9.17) is 5.21 Å². The van der Waals surface area contributed by atoms with Gasteiger partial charge in [0.05, 0.1) is 10.6 Å². The molecule has 1 aromatic rings. The zero-order chi connectivity index (χ0) is 9.80. The Morgan fingerprint density at radius 1 is 1.36 bits per heavy atom. The number of hydrogen-bond acceptors (Lipinski definition) is 3. The molecule has 1 heterocycles. The summed E-state index contributed by atoms with van der Waals surface area (Å²) in [4.78, 5) is 1.12. The fourth-order valence-electron chi connectivity index (χ4n) is 2.13. The van der Waals surface area contributed by atoms with Crippen molar-refractivity contribution in [2.75, 3.05) is 0 Å². The Balaban J connectivity index is 2.13. The molecule has 1 saturated carbocycles. The van der Waals surface area contributed by atoms with Gasteiger partial charge in [0, 0.05) is 5.92 Å². The van der Waals surface area contributed by atoms with Crippen LogP contribution in [0.25, 0.3) is 0 Å². The van der Waals surface area contributed by atoms with Crippen molar-refractivity contribution in [1.82, 2.24) is 0 Å². The monoisotopic (exact) mass is 209 g/mol. The van der Waals surface area contributed by atoms with Gasteiger partial charge in [0.2, 0.25) is 0 Å². The lowest BCUT2D eigenvalue weighted by atomic mass is 9.85. The molecule has 1 aromatic heterocycles. The van der Waals surface area contributed by atoms with Crippen LogP contribution >= 0.6 is 11.3 Å². The molecule has 14 heavy (non-hydrogen) atoms. The predicted octanol–water partition coefficient (Wildman–Crippen LogP) is 3.51. The second-order valence-corrected chi connectivity index (χ2v) is 4.75. The van der Waals surface area contributed by atoms with E-state index < -0.39 is 0 Å². The van der Waals surface area contributed by atoms with Crippen LogP contribution in [0.4, 0.5) is 0 Å². The molecule has 0 aromatic carbocycles. The Hall–Kier alpha value is -0.830. The van der Waals surface area contributed by atoms with E-state index in [1.807, 2.05) is 17.5 Å². The molecular weight excluding hydrogens is 194 g/mol. The van der Waals surface area contributed by atoms with Crippen LogP contribution in [0.3, 0.4) is 0 Å². The van der Waals surface area contributed by atoms with Crippen LogP contribution in [0.15, 0.2) is 22.7 Å². The molecule has 1 N–H and O–H groups in total. The van der Waals surface area contributed by atoms with Crippen LogP contribution in [0.2, 0.25) is 0 Å². The van der Waals surface area contributed by atoms with Crippen molar-refractivity contribution < 1.29 is 5.21 Å². The van der Waals surface area contributed by atoms with Crippen LogP contribution in [0, 0.1) is 5.92 Å². The maximum absolute atomic E-state index is 9.04. The van der Waals surface area contributed by atoms with E-state index in [0.717, 1.165) is 10.6 Å². The topological polar surface area (TPSA) is 32.6 Å². The fourth-order valence-corrected chi connectivity index (χ4v) is 2.92. The summed E-state index contributed by atoms with van der Waals surface area (Å²) >= 11 is 1.66. The molecule has 0 aliphatic heterocycles. The molecule has 1 aliphatic rings. The van der Waals surface area contributed by atoms with Gasteiger partial charge in [0.25, 0.3) is 0 Å². The number of rotatable bonds is 2. The first-order chi connectivity index (χ1) is 6.92. The number of hydrogen-bond donors (Lipinski definition) is 1. The fraction of sp³-hybridized carbons (Fsp3) is 0.545. The van der Waals surface area contributed by atoms with Crippen LogP contribution in [-0.2, 0) is 0 Å². The van der Waals surface area contributed by atoms with Crippen molar-refractivity contribution in [2.45, 2.75) is 32.1 Å². The van der Waals surface area contributed by atoms with Gasteiger partial charge in [-0.25, -0.2) is 0 Å². The third-order valence-corrected chi connectivity index (χ3v) is 3.77. The summed E-state index contributed by atoms with van der Waals surface area (Å²) in [7, 11) is 0. The highest BCUT2D eigenvalue weighted by Crippen LogP contribution is 2.28. The Morgan fingerprint density at radius 2 is 2.14 bits per heavy atom. The molecule has 1 aliphatic carbocycles. The molecule has 2 rings (SSSR count). The lowest BCUT2D eigenvalue weighted by Crippen LogP contribution is -2.17. The highest BCUT2D eigenvalue weighted by atomic mass is 32.1. The van der Waals surface area contributed by atoms with E-state index in [2.05, 4.69) is 5.16 Å². The van der Waals surface area contributed by atoms with Gasteiger partial charge in [0.1, 0.15) is 0 Å². The average Bonchev–Trinajstić information content (AvgIpc) is 2.74. The Labute approximate surface area is 88.3 Å². The molecule has 3 heteroatoms. The predicted molar refractivity (Wildman–Crippen MR) is 59.2 cm³/mol. The van der Waals surface area contributed by atoms with Crippen LogP contribution < -0.4 is 0 Å². The lowest BCUT2D eigenvalue weighted by Gasteiger charge is -2.21. The number of oxime groups is 1. The second-order valence-electron chi connectivity index (χ2n) is 3.80. The molecule has 1 fully saturated rings. The zero-order valence-electron chi connectivity index (χ0n) is 8.15. The summed E-state index contributed by atoms with van der Waals surface area (Å²) < 4.78 is 0. The van der Waals surface area contributed by atoms with E-state index in [9.17, 15) is 0 Å². The van der Waals surface area contributed by atoms with Gasteiger partial charge in [-0.3, -0.25) is 0 Å². The second kappa shape index (κ2) is 4.60. The van der Waals surface area contributed by atoms with Gasteiger partial charge < -0.3 is 5.21 Å². The first-order valence-electron chi connectivity index (χ1n) is 5.17. The van der Waals surface area contributed by atoms with Crippen LogP contribution in [-0.4, -0.2) is 10.9 Å². The van der Waals surface area contributed by atoms with Crippen LogP contribution in [0.5, 0.6) is 0 Å². The Morgan fingerprint density at radius 3 is 2.71 bits per heavy atom. The Bertz CT molecular complexity index is 299. The summed E-state index contributed by atoms with van der Waals surface area (Å²) in [6.45, 7) is 0. The van der Waals surface area contributed by atoms with Gasteiger partial charge in [-0.2, -0.15) is 0 Å². The van der Waals surface area contributed by atoms with E-state index in [0.29, 0.717) is 5.92 Å². The van der Waals surface area contributed by atoms with Crippen molar-refractivity contribution in [3.8, 4) is 0 Å². The quantitative estimate of drug-likeness (QED) is 0.451. The average molecular weight is 209 g/mol. The van der Waals surface area contributed by atoms with Gasteiger partial charge in [-0.15, -0.1) is 11.3 Å². The van der Waals surface area contributed by atoms with E-state index in [-0.39, 0.29) is 0 Å². The molecule has 0 saturated heterocycles. The third-order valence-electron chi connectivity index (χ3n) is 2.87. The molecule has 0 bridgehead atoms. The Kier molecular flexibility index (Phi) is 3.19. The van der Waals surface area contributed by atoms with Gasteiger partial charge >= 0.3 is 0 Å². The standard InChI is InChI=1S/C11H15NOS/c13-12-11(10-7-4-8-14-10)9-5-2-1-3-6-9/h4,7-9,13H,1-3,5-6H2. The van der Waals surface area contributed by atoms with E-state index >= 15 is 0 Å². The smallest absolute Gasteiger partial charge is 0.0997 e. The lowest BCUT2D eigenvalue weighted by molar-refractivity contribution is 0.310. The minimum Gasteiger partial charge on any atom is -0.411 e. The summed E-state index contributed by atoms with van der Waals surface area (Å²) in [6, 6.07) is 4.04. The SMILES string of the molecule is ON=C(c1cccs1)C1CCCCC1.